The SMILES string of the molecule is O=C(CSc1nc2ccc(N3C(=O)c4ccccc4C3=O)cc2s1)Nc1ccc2nc(SCc3ccc(F)c4ccccc34)sc2c1. The average molecular weight is 693 g/mol. The molecule has 0 saturated carbocycles. The van der Waals surface area contributed by atoms with Crippen LogP contribution < -0.4 is 10.2 Å². The predicted octanol–water partition coefficient (Wildman–Crippen LogP) is 9.02. The maximum atomic E-state index is 14.2. The van der Waals surface area contributed by atoms with Crippen molar-refractivity contribution in [3.05, 3.63) is 120 Å². The van der Waals surface area contributed by atoms with Gasteiger partial charge >= 0.3 is 0 Å². The van der Waals surface area contributed by atoms with Crippen LogP contribution in [-0.4, -0.2) is 33.4 Å². The van der Waals surface area contributed by atoms with E-state index in [-0.39, 0.29) is 29.3 Å². The van der Waals surface area contributed by atoms with Crippen LogP contribution in [0.25, 0.3) is 31.2 Å². The van der Waals surface area contributed by atoms with Crippen molar-refractivity contribution < 1.29 is 18.8 Å². The third-order valence-electron chi connectivity index (χ3n) is 7.70. The first-order valence-corrected chi connectivity index (χ1v) is 18.0. The van der Waals surface area contributed by atoms with Crippen LogP contribution >= 0.6 is 46.2 Å². The number of aromatic nitrogens is 2. The summed E-state index contributed by atoms with van der Waals surface area (Å²) in [6.45, 7) is 0. The third-order valence-corrected chi connectivity index (χ3v) is 12.1. The maximum absolute atomic E-state index is 14.2. The van der Waals surface area contributed by atoms with E-state index in [4.69, 9.17) is 4.98 Å². The Morgan fingerprint density at radius 2 is 1.38 bits per heavy atom. The van der Waals surface area contributed by atoms with Crippen LogP contribution in [0.4, 0.5) is 15.8 Å². The molecule has 5 aromatic carbocycles. The number of anilines is 2. The Hall–Kier alpha value is -4.62. The summed E-state index contributed by atoms with van der Waals surface area (Å²) in [7, 11) is 0. The number of hydrogen-bond acceptors (Lipinski definition) is 9. The molecule has 47 heavy (non-hydrogen) atoms. The summed E-state index contributed by atoms with van der Waals surface area (Å²) in [5, 5.41) is 4.49. The molecule has 7 aromatic rings. The molecular weight excluding hydrogens is 672 g/mol. The summed E-state index contributed by atoms with van der Waals surface area (Å²) >= 11 is 5.89. The Morgan fingerprint density at radius 3 is 2.13 bits per heavy atom. The number of fused-ring (bicyclic) bond motifs is 4. The van der Waals surface area contributed by atoms with Gasteiger partial charge in [0.05, 0.1) is 43.0 Å². The van der Waals surface area contributed by atoms with Crippen LogP contribution in [0.15, 0.2) is 106 Å². The van der Waals surface area contributed by atoms with Crippen molar-refractivity contribution in [1.82, 2.24) is 9.97 Å². The first-order chi connectivity index (χ1) is 22.9. The van der Waals surface area contributed by atoms with Gasteiger partial charge < -0.3 is 5.32 Å². The third kappa shape index (κ3) is 5.67. The summed E-state index contributed by atoms with van der Waals surface area (Å²) in [5.74, 6) is -0.242. The smallest absolute Gasteiger partial charge is 0.266 e. The quantitative estimate of drug-likeness (QED) is 0.126. The molecule has 7 nitrogen and oxygen atoms in total. The lowest BCUT2D eigenvalue weighted by Gasteiger charge is -2.13. The zero-order chi connectivity index (χ0) is 32.1. The number of carbonyl (C=O) groups is 3. The highest BCUT2D eigenvalue weighted by atomic mass is 32.2. The maximum Gasteiger partial charge on any atom is 0.266 e. The van der Waals surface area contributed by atoms with Gasteiger partial charge in [-0.1, -0.05) is 66.0 Å². The topological polar surface area (TPSA) is 92.3 Å². The number of rotatable bonds is 8. The van der Waals surface area contributed by atoms with E-state index in [0.29, 0.717) is 38.0 Å². The lowest BCUT2D eigenvalue weighted by Crippen LogP contribution is -2.29. The van der Waals surface area contributed by atoms with Crippen LogP contribution in [0.2, 0.25) is 0 Å². The van der Waals surface area contributed by atoms with Gasteiger partial charge in [-0.25, -0.2) is 19.3 Å². The van der Waals surface area contributed by atoms with E-state index in [1.165, 1.54) is 34.1 Å². The number of nitrogens with one attached hydrogen (secondary N) is 1. The van der Waals surface area contributed by atoms with Gasteiger partial charge in [0.15, 0.2) is 8.68 Å². The van der Waals surface area contributed by atoms with Gasteiger partial charge in [0.1, 0.15) is 5.82 Å². The van der Waals surface area contributed by atoms with Gasteiger partial charge in [0, 0.05) is 16.8 Å². The van der Waals surface area contributed by atoms with Crippen molar-refractivity contribution in [2.45, 2.75) is 14.4 Å². The lowest BCUT2D eigenvalue weighted by molar-refractivity contribution is -0.113. The number of benzene rings is 5. The molecule has 0 atom stereocenters. The van der Waals surface area contributed by atoms with E-state index >= 15 is 0 Å². The Bertz CT molecular complexity index is 2370. The van der Waals surface area contributed by atoms with Crippen molar-refractivity contribution in [3.63, 3.8) is 0 Å². The number of thioether (sulfide) groups is 2. The zero-order valence-corrected chi connectivity index (χ0v) is 27.5. The molecule has 8 rings (SSSR count). The second-order valence-corrected chi connectivity index (χ2v) is 15.2. The number of hydrogen-bond donors (Lipinski definition) is 1. The Labute approximate surface area is 283 Å². The van der Waals surface area contributed by atoms with Gasteiger partial charge in [0.2, 0.25) is 5.91 Å². The van der Waals surface area contributed by atoms with Crippen molar-refractivity contribution in [2.75, 3.05) is 16.0 Å². The molecule has 0 saturated heterocycles. The summed E-state index contributed by atoms with van der Waals surface area (Å²) in [6, 6.07) is 28.6. The fourth-order valence-electron chi connectivity index (χ4n) is 5.47. The number of carbonyl (C=O) groups excluding carboxylic acids is 3. The van der Waals surface area contributed by atoms with Gasteiger partial charge in [-0.3, -0.25) is 14.4 Å². The van der Waals surface area contributed by atoms with Gasteiger partial charge in [-0.15, -0.1) is 22.7 Å². The molecule has 12 heteroatoms. The Morgan fingerprint density at radius 1 is 0.745 bits per heavy atom. The van der Waals surface area contributed by atoms with Gasteiger partial charge in [0.25, 0.3) is 11.8 Å². The van der Waals surface area contributed by atoms with Crippen LogP contribution in [-0.2, 0) is 10.5 Å². The first kappa shape index (κ1) is 29.8. The minimum atomic E-state index is -0.342. The molecule has 0 radical (unpaired) electrons. The first-order valence-electron chi connectivity index (χ1n) is 14.4. The van der Waals surface area contributed by atoms with E-state index in [1.807, 2.05) is 42.5 Å². The molecule has 3 heterocycles. The summed E-state index contributed by atoms with van der Waals surface area (Å²) in [5.41, 5.74) is 4.60. The lowest BCUT2D eigenvalue weighted by atomic mass is 10.1. The number of amides is 3. The minimum Gasteiger partial charge on any atom is -0.325 e. The molecule has 0 fully saturated rings. The van der Waals surface area contributed by atoms with Crippen molar-refractivity contribution in [2.24, 2.45) is 0 Å². The van der Waals surface area contributed by atoms with E-state index in [9.17, 15) is 18.8 Å². The molecule has 3 amide bonds. The standard InChI is InChI=1S/C35H21FN4O3S4/c36-26-12-9-19(22-5-1-2-6-23(22)26)17-44-34-38-27-13-10-20(15-29(27)46-34)37-31(41)18-45-35-39-28-14-11-21(16-30(28)47-35)40-32(42)24-7-3-4-8-25(24)33(40)43/h1-16H,17-18H2,(H,37,41). The molecule has 1 aliphatic rings. The molecule has 0 bridgehead atoms. The second kappa shape index (κ2) is 12.2. The fourth-order valence-corrected chi connectivity index (χ4v) is 9.49. The number of halogens is 1. The monoisotopic (exact) mass is 692 g/mol. The summed E-state index contributed by atoms with van der Waals surface area (Å²) < 4.78 is 17.6. The summed E-state index contributed by atoms with van der Waals surface area (Å²) in [4.78, 5) is 49.2. The predicted molar refractivity (Wildman–Crippen MR) is 190 cm³/mol. The Kier molecular flexibility index (Phi) is 7.72. The molecular formula is C35H21FN4O3S4. The molecule has 0 spiro atoms. The van der Waals surface area contributed by atoms with Crippen LogP contribution in [0.1, 0.15) is 26.3 Å². The van der Waals surface area contributed by atoms with E-state index in [1.54, 1.807) is 71.6 Å². The fraction of sp³-hybridized carbons (Fsp3) is 0.0571. The van der Waals surface area contributed by atoms with Crippen molar-refractivity contribution in [1.29, 1.82) is 0 Å². The van der Waals surface area contributed by atoms with Crippen molar-refractivity contribution in [3.8, 4) is 0 Å². The number of imide groups is 1. The number of nitrogens with zero attached hydrogens (tertiary/aromatic N) is 3. The molecule has 0 unspecified atom stereocenters. The zero-order valence-electron chi connectivity index (χ0n) is 24.2. The molecule has 1 aliphatic heterocycles. The summed E-state index contributed by atoms with van der Waals surface area (Å²) in [6.07, 6.45) is 0. The normalized spacial score (nSPS) is 12.8. The highest BCUT2D eigenvalue weighted by Crippen LogP contribution is 2.36. The molecule has 0 aliphatic carbocycles. The van der Waals surface area contributed by atoms with Crippen LogP contribution in [0.3, 0.4) is 0 Å². The number of thiazole rings is 2. The molecule has 2 aromatic heterocycles. The molecule has 1 N–H and O–H groups in total. The van der Waals surface area contributed by atoms with E-state index in [2.05, 4.69) is 10.3 Å². The minimum absolute atomic E-state index is 0.164. The van der Waals surface area contributed by atoms with Crippen LogP contribution in [0.5, 0.6) is 0 Å². The largest absolute Gasteiger partial charge is 0.325 e. The highest BCUT2D eigenvalue weighted by Gasteiger charge is 2.36. The van der Waals surface area contributed by atoms with Gasteiger partial charge in [-0.05, 0) is 65.5 Å². The van der Waals surface area contributed by atoms with E-state index in [0.717, 1.165) is 35.7 Å². The molecule has 230 valence electrons. The van der Waals surface area contributed by atoms with E-state index < -0.39 is 0 Å². The highest BCUT2D eigenvalue weighted by molar-refractivity contribution is 8.01. The van der Waals surface area contributed by atoms with Crippen LogP contribution in [0, 0.1) is 5.82 Å². The van der Waals surface area contributed by atoms with Crippen molar-refractivity contribution >= 4 is 106 Å². The van der Waals surface area contributed by atoms with Gasteiger partial charge in [-0.2, -0.15) is 0 Å². The second-order valence-electron chi connectivity index (χ2n) is 10.7. The Balaban J connectivity index is 0.904. The average Bonchev–Trinajstić information content (AvgIpc) is 3.76.